The molecule has 178 valence electrons. The maximum Gasteiger partial charge on any atom is 0.163 e. The van der Waals surface area contributed by atoms with Gasteiger partial charge in [-0.25, -0.2) is 13.5 Å². The Morgan fingerprint density at radius 1 is 1.12 bits per heavy atom. The van der Waals surface area contributed by atoms with Gasteiger partial charge in [0.25, 0.3) is 0 Å². The molecule has 1 N–H and O–H groups in total. The van der Waals surface area contributed by atoms with Crippen molar-refractivity contribution in [1.82, 2.24) is 23.8 Å². The van der Waals surface area contributed by atoms with E-state index in [0.29, 0.717) is 12.0 Å². The van der Waals surface area contributed by atoms with E-state index in [1.165, 1.54) is 0 Å². The average molecular weight is 470 g/mol. The summed E-state index contributed by atoms with van der Waals surface area (Å²) in [6.07, 6.45) is 4.17. The van der Waals surface area contributed by atoms with E-state index in [9.17, 15) is 4.21 Å². The second-order valence-electron chi connectivity index (χ2n) is 9.35. The molecule has 0 amide bonds. The third-order valence-corrected chi connectivity index (χ3v) is 7.70. The van der Waals surface area contributed by atoms with Gasteiger partial charge in [0.05, 0.1) is 11.1 Å². The van der Waals surface area contributed by atoms with Gasteiger partial charge in [-0.15, -0.1) is 0 Å². The number of likely N-dealkylation sites (tertiary alicyclic amines) is 1. The van der Waals surface area contributed by atoms with Gasteiger partial charge in [-0.3, -0.25) is 0 Å². The molecule has 3 heterocycles. The highest BCUT2D eigenvalue weighted by Gasteiger charge is 2.23. The van der Waals surface area contributed by atoms with Gasteiger partial charge in [-0.05, 0) is 77.3 Å². The summed E-state index contributed by atoms with van der Waals surface area (Å²) >= 11 is 0. The molecule has 0 spiro atoms. The molecule has 1 fully saturated rings. The van der Waals surface area contributed by atoms with Gasteiger partial charge in [0.2, 0.25) is 0 Å². The highest BCUT2D eigenvalue weighted by atomic mass is 32.2. The van der Waals surface area contributed by atoms with Crippen molar-refractivity contribution < 1.29 is 4.21 Å². The summed E-state index contributed by atoms with van der Waals surface area (Å²) in [7, 11) is 6.79. The number of hydrogen-bond acceptors (Lipinski definition) is 6. The minimum Gasteiger partial charge on any atom is -0.356 e. The van der Waals surface area contributed by atoms with Crippen LogP contribution in [0.5, 0.6) is 0 Å². The zero-order valence-electron chi connectivity index (χ0n) is 20.4. The highest BCUT2D eigenvalue weighted by molar-refractivity contribution is 7.82. The molecule has 8 nitrogen and oxygen atoms in total. The molecule has 1 aromatic carbocycles. The molecular weight excluding hydrogens is 434 g/mol. The van der Waals surface area contributed by atoms with Gasteiger partial charge in [-0.2, -0.15) is 9.61 Å². The number of fused-ring (bicyclic) bond motifs is 1. The van der Waals surface area contributed by atoms with Gasteiger partial charge >= 0.3 is 0 Å². The molecule has 0 radical (unpaired) electrons. The lowest BCUT2D eigenvalue weighted by atomic mass is 10.0. The van der Waals surface area contributed by atoms with Crippen molar-refractivity contribution in [3.8, 4) is 0 Å². The van der Waals surface area contributed by atoms with Crippen molar-refractivity contribution >= 4 is 34.0 Å². The smallest absolute Gasteiger partial charge is 0.163 e. The Bertz CT molecular complexity index is 1120. The first kappa shape index (κ1) is 23.7. The van der Waals surface area contributed by atoms with Crippen molar-refractivity contribution in [2.45, 2.75) is 43.5 Å². The van der Waals surface area contributed by atoms with E-state index in [1.54, 1.807) is 4.31 Å². The molecule has 1 aliphatic heterocycles. The maximum absolute atomic E-state index is 12.3. The zero-order valence-corrected chi connectivity index (χ0v) is 21.3. The van der Waals surface area contributed by atoms with Crippen molar-refractivity contribution in [3.05, 3.63) is 42.1 Å². The minimum absolute atomic E-state index is 0.326. The van der Waals surface area contributed by atoms with Gasteiger partial charge in [0, 0.05) is 30.4 Å². The molecule has 2 aromatic heterocycles. The van der Waals surface area contributed by atoms with Gasteiger partial charge < -0.3 is 15.1 Å². The molecule has 0 saturated carbocycles. The van der Waals surface area contributed by atoms with Crippen LogP contribution in [0.3, 0.4) is 0 Å². The van der Waals surface area contributed by atoms with Crippen LogP contribution in [0.2, 0.25) is 0 Å². The monoisotopic (exact) mass is 469 g/mol. The van der Waals surface area contributed by atoms with Gasteiger partial charge in [-0.1, -0.05) is 13.8 Å². The summed E-state index contributed by atoms with van der Waals surface area (Å²) in [4.78, 5) is 10.5. The summed E-state index contributed by atoms with van der Waals surface area (Å²) in [5, 5.41) is 8.15. The van der Waals surface area contributed by atoms with Crippen LogP contribution in [0.15, 0.2) is 41.4 Å². The van der Waals surface area contributed by atoms with Crippen LogP contribution in [0.25, 0.3) is 5.65 Å². The lowest BCUT2D eigenvalue weighted by Crippen LogP contribution is -2.42. The molecule has 4 rings (SSSR count). The largest absolute Gasteiger partial charge is 0.356 e. The number of hydrogen-bond donors (Lipinski definition) is 1. The molecule has 9 heteroatoms. The lowest BCUT2D eigenvalue weighted by Gasteiger charge is -2.36. The second-order valence-corrected chi connectivity index (χ2v) is 11.0. The molecule has 1 atom stereocenters. The topological polar surface area (TPSA) is 69.0 Å². The number of piperidine rings is 1. The molecule has 0 aliphatic carbocycles. The standard InChI is InChI=1S/C24H35N7OS/c1-17(2)21-16-25-31-23(26-18-7-9-20(10-8-18)33(32)28(3)4)15-22(27-24(21)31)30(6)19-11-13-29(5)14-12-19/h7-10,15-17,19,26H,11-14H2,1-6H3. The van der Waals surface area contributed by atoms with Crippen molar-refractivity contribution in [2.75, 3.05) is 51.5 Å². The summed E-state index contributed by atoms with van der Waals surface area (Å²) in [6.45, 7) is 6.55. The van der Waals surface area contributed by atoms with Crippen LogP contribution < -0.4 is 10.2 Å². The van der Waals surface area contributed by atoms with Crippen molar-refractivity contribution in [2.24, 2.45) is 0 Å². The summed E-state index contributed by atoms with van der Waals surface area (Å²) in [6, 6.07) is 10.2. The van der Waals surface area contributed by atoms with E-state index in [0.717, 1.165) is 59.4 Å². The Morgan fingerprint density at radius 3 is 2.39 bits per heavy atom. The SMILES string of the molecule is CC(C)c1cnn2c(Nc3ccc(S(=O)N(C)C)cc3)cc(N(C)C3CCN(C)CC3)nc12. The normalized spacial score (nSPS) is 16.6. The molecule has 3 aromatic rings. The number of nitrogens with one attached hydrogen (secondary N) is 1. The van der Waals surface area contributed by atoms with Crippen LogP contribution in [0, 0.1) is 0 Å². The van der Waals surface area contributed by atoms with E-state index in [1.807, 2.05) is 49.1 Å². The molecule has 1 unspecified atom stereocenters. The molecule has 0 bridgehead atoms. The summed E-state index contributed by atoms with van der Waals surface area (Å²) in [5.74, 6) is 2.14. The minimum atomic E-state index is -1.16. The average Bonchev–Trinajstić information content (AvgIpc) is 3.24. The van der Waals surface area contributed by atoms with Crippen LogP contribution >= 0.6 is 0 Å². The Hall–Kier alpha value is -2.49. The van der Waals surface area contributed by atoms with E-state index >= 15 is 0 Å². The Balaban J connectivity index is 1.68. The number of rotatable bonds is 7. The predicted octanol–water partition coefficient (Wildman–Crippen LogP) is 3.71. The van der Waals surface area contributed by atoms with Crippen molar-refractivity contribution in [3.63, 3.8) is 0 Å². The number of aromatic nitrogens is 3. The van der Waals surface area contributed by atoms with E-state index in [4.69, 9.17) is 4.98 Å². The highest BCUT2D eigenvalue weighted by Crippen LogP contribution is 2.29. The van der Waals surface area contributed by atoms with Crippen LogP contribution in [-0.4, -0.2) is 75.3 Å². The van der Waals surface area contributed by atoms with E-state index in [-0.39, 0.29) is 0 Å². The fourth-order valence-corrected chi connectivity index (χ4v) is 5.02. The maximum atomic E-state index is 12.3. The van der Waals surface area contributed by atoms with Crippen LogP contribution in [0.4, 0.5) is 17.3 Å². The number of benzene rings is 1. The molecule has 1 saturated heterocycles. The quantitative estimate of drug-likeness (QED) is 0.569. The lowest BCUT2D eigenvalue weighted by molar-refractivity contribution is 0.252. The van der Waals surface area contributed by atoms with E-state index in [2.05, 4.69) is 54.2 Å². The van der Waals surface area contributed by atoms with Gasteiger partial charge in [0.15, 0.2) is 5.65 Å². The first-order chi connectivity index (χ1) is 15.7. The van der Waals surface area contributed by atoms with Crippen LogP contribution in [-0.2, 0) is 11.0 Å². The predicted molar refractivity (Wildman–Crippen MR) is 136 cm³/mol. The third-order valence-electron chi connectivity index (χ3n) is 6.36. The molecule has 33 heavy (non-hydrogen) atoms. The Labute approximate surface area is 199 Å². The number of nitrogens with zero attached hydrogens (tertiary/aromatic N) is 6. The van der Waals surface area contributed by atoms with E-state index < -0.39 is 11.0 Å². The fourth-order valence-electron chi connectivity index (χ4n) is 4.23. The molecular formula is C24H35N7OS. The third kappa shape index (κ3) is 5.05. The van der Waals surface area contributed by atoms with Gasteiger partial charge in [0.1, 0.15) is 22.6 Å². The first-order valence-electron chi connectivity index (χ1n) is 11.5. The zero-order chi connectivity index (χ0) is 23.7. The second kappa shape index (κ2) is 9.79. The van der Waals surface area contributed by atoms with Crippen molar-refractivity contribution in [1.29, 1.82) is 0 Å². The Kier molecular flexibility index (Phi) is 7.02. The Morgan fingerprint density at radius 2 is 1.79 bits per heavy atom. The fraction of sp³-hybridized carbons (Fsp3) is 0.500. The first-order valence-corrected chi connectivity index (χ1v) is 12.6. The summed E-state index contributed by atoms with van der Waals surface area (Å²) < 4.78 is 15.9. The molecule has 1 aliphatic rings. The van der Waals surface area contributed by atoms with Crippen LogP contribution in [0.1, 0.15) is 38.2 Å². The summed E-state index contributed by atoms with van der Waals surface area (Å²) in [5.41, 5.74) is 2.93. The number of anilines is 3.